The number of fused-ring (bicyclic) bond motifs is 1. The molecule has 0 radical (unpaired) electrons. The molecule has 0 aromatic heterocycles. The van der Waals surface area contributed by atoms with Crippen molar-refractivity contribution in [3.63, 3.8) is 0 Å². The van der Waals surface area contributed by atoms with E-state index >= 15 is 0 Å². The maximum Gasteiger partial charge on any atom is 0.0926 e. The second-order valence-corrected chi connectivity index (χ2v) is 4.49. The number of nitrogens with zero attached hydrogens (tertiary/aromatic N) is 1. The first-order valence-electron chi connectivity index (χ1n) is 5.96. The number of benzene rings is 1. The molecule has 1 aliphatic rings. The summed E-state index contributed by atoms with van der Waals surface area (Å²) in [7, 11) is 0. The minimum absolute atomic E-state index is 0.0108. The van der Waals surface area contributed by atoms with Crippen LogP contribution in [0.4, 0.5) is 0 Å². The van der Waals surface area contributed by atoms with E-state index in [1.165, 1.54) is 5.56 Å². The van der Waals surface area contributed by atoms with Crippen LogP contribution in [0.3, 0.4) is 0 Å². The monoisotopic (exact) mass is 219 g/mol. The van der Waals surface area contributed by atoms with Crippen LogP contribution in [0.1, 0.15) is 45.2 Å². The summed E-state index contributed by atoms with van der Waals surface area (Å²) in [6.45, 7) is 8.25. The molecule has 0 atom stereocenters. The molecule has 2 rings (SSSR count). The van der Waals surface area contributed by atoms with Gasteiger partial charge in [-0.25, -0.2) is 0 Å². The number of rotatable bonds is 0. The van der Waals surface area contributed by atoms with Crippen LogP contribution in [0.2, 0.25) is 0 Å². The van der Waals surface area contributed by atoms with E-state index in [1.807, 2.05) is 32.0 Å². The Morgan fingerprint density at radius 2 is 1.81 bits per heavy atom. The van der Waals surface area contributed by atoms with Gasteiger partial charge in [0.05, 0.1) is 5.71 Å². The van der Waals surface area contributed by atoms with Crippen LogP contribution in [0.15, 0.2) is 29.4 Å². The van der Waals surface area contributed by atoms with Gasteiger partial charge in [-0.1, -0.05) is 57.1 Å². The van der Waals surface area contributed by atoms with Crippen molar-refractivity contribution in [1.82, 2.24) is 0 Å². The fraction of sp³-hybridized carbons (Fsp3) is 0.500. The highest BCUT2D eigenvalue weighted by molar-refractivity contribution is 6.06. The SMILES string of the molecule is CC.CC1(C)CCc2ccccc2/C1=N\O. The van der Waals surface area contributed by atoms with Crippen molar-refractivity contribution < 1.29 is 5.21 Å². The van der Waals surface area contributed by atoms with Crippen LogP contribution in [0.25, 0.3) is 0 Å². The fourth-order valence-electron chi connectivity index (χ4n) is 2.09. The van der Waals surface area contributed by atoms with Crippen molar-refractivity contribution in [2.24, 2.45) is 10.6 Å². The summed E-state index contributed by atoms with van der Waals surface area (Å²) in [6.07, 6.45) is 2.12. The highest BCUT2D eigenvalue weighted by Crippen LogP contribution is 2.34. The first-order chi connectivity index (χ1) is 7.65. The van der Waals surface area contributed by atoms with Gasteiger partial charge in [0, 0.05) is 11.0 Å². The Hall–Kier alpha value is -1.31. The molecule has 0 fully saturated rings. The standard InChI is InChI=1S/C12H15NO.C2H6/c1-12(2)8-7-9-5-3-4-6-10(9)11(12)13-14;1-2/h3-6,14H,7-8H2,1-2H3;1-2H3/b13-11+;. The van der Waals surface area contributed by atoms with Crippen LogP contribution in [0.5, 0.6) is 0 Å². The minimum atomic E-state index is -0.0108. The van der Waals surface area contributed by atoms with Crippen molar-refractivity contribution in [1.29, 1.82) is 0 Å². The van der Waals surface area contributed by atoms with Crippen LogP contribution >= 0.6 is 0 Å². The molecule has 1 N–H and O–H groups in total. The van der Waals surface area contributed by atoms with Gasteiger partial charge in [0.1, 0.15) is 0 Å². The molecule has 2 nitrogen and oxygen atoms in total. The Morgan fingerprint density at radius 3 is 2.44 bits per heavy atom. The molecular formula is C14H21NO. The van der Waals surface area contributed by atoms with E-state index in [0.717, 1.165) is 24.1 Å². The first-order valence-corrected chi connectivity index (χ1v) is 5.96. The Kier molecular flexibility index (Phi) is 4.11. The number of oxime groups is 1. The number of hydrogen-bond acceptors (Lipinski definition) is 2. The molecule has 2 heteroatoms. The average Bonchev–Trinajstić information content (AvgIpc) is 2.31. The lowest BCUT2D eigenvalue weighted by Crippen LogP contribution is -2.31. The Labute approximate surface area is 98.0 Å². The summed E-state index contributed by atoms with van der Waals surface area (Å²) in [5.41, 5.74) is 3.20. The molecule has 0 saturated carbocycles. The van der Waals surface area contributed by atoms with Crippen molar-refractivity contribution in [2.75, 3.05) is 0 Å². The lowest BCUT2D eigenvalue weighted by Gasteiger charge is -2.31. The lowest BCUT2D eigenvalue weighted by atomic mass is 9.73. The van der Waals surface area contributed by atoms with Crippen LogP contribution in [-0.2, 0) is 6.42 Å². The molecule has 0 aliphatic heterocycles. The van der Waals surface area contributed by atoms with Gasteiger partial charge in [0.15, 0.2) is 0 Å². The summed E-state index contributed by atoms with van der Waals surface area (Å²) < 4.78 is 0. The molecule has 1 aromatic carbocycles. The van der Waals surface area contributed by atoms with Crippen molar-refractivity contribution in [3.8, 4) is 0 Å². The van der Waals surface area contributed by atoms with E-state index in [-0.39, 0.29) is 5.41 Å². The van der Waals surface area contributed by atoms with E-state index in [1.54, 1.807) is 0 Å². The second-order valence-electron chi connectivity index (χ2n) is 4.49. The largest absolute Gasteiger partial charge is 0.411 e. The van der Waals surface area contributed by atoms with E-state index in [0.29, 0.717) is 0 Å². The molecule has 88 valence electrons. The zero-order valence-electron chi connectivity index (χ0n) is 10.6. The van der Waals surface area contributed by atoms with E-state index in [9.17, 15) is 0 Å². The van der Waals surface area contributed by atoms with E-state index < -0.39 is 0 Å². The predicted molar refractivity (Wildman–Crippen MR) is 68.2 cm³/mol. The fourth-order valence-corrected chi connectivity index (χ4v) is 2.09. The molecule has 0 bridgehead atoms. The summed E-state index contributed by atoms with van der Waals surface area (Å²) >= 11 is 0. The highest BCUT2D eigenvalue weighted by atomic mass is 16.4. The quantitative estimate of drug-likeness (QED) is 0.521. The molecule has 0 heterocycles. The third-order valence-corrected chi connectivity index (χ3v) is 3.03. The van der Waals surface area contributed by atoms with Gasteiger partial charge in [-0.3, -0.25) is 0 Å². The Morgan fingerprint density at radius 1 is 1.19 bits per heavy atom. The van der Waals surface area contributed by atoms with Gasteiger partial charge in [0.25, 0.3) is 0 Å². The van der Waals surface area contributed by atoms with Gasteiger partial charge in [0.2, 0.25) is 0 Å². The molecule has 0 amide bonds. The molecule has 0 saturated heterocycles. The Bertz CT molecular complexity index is 380. The maximum absolute atomic E-state index is 9.06. The second kappa shape index (κ2) is 5.15. The zero-order chi connectivity index (χ0) is 12.2. The van der Waals surface area contributed by atoms with Gasteiger partial charge < -0.3 is 5.21 Å². The van der Waals surface area contributed by atoms with Crippen molar-refractivity contribution in [3.05, 3.63) is 35.4 Å². The van der Waals surface area contributed by atoms with Gasteiger partial charge in [-0.15, -0.1) is 0 Å². The molecule has 1 aliphatic carbocycles. The molecular weight excluding hydrogens is 198 g/mol. The lowest BCUT2D eigenvalue weighted by molar-refractivity contribution is 0.306. The summed E-state index contributed by atoms with van der Waals surface area (Å²) in [5.74, 6) is 0. The smallest absolute Gasteiger partial charge is 0.0926 e. The topological polar surface area (TPSA) is 32.6 Å². The van der Waals surface area contributed by atoms with Crippen molar-refractivity contribution in [2.45, 2.75) is 40.5 Å². The van der Waals surface area contributed by atoms with Crippen LogP contribution in [0, 0.1) is 5.41 Å². The van der Waals surface area contributed by atoms with Crippen molar-refractivity contribution >= 4 is 5.71 Å². The van der Waals surface area contributed by atoms with Gasteiger partial charge >= 0.3 is 0 Å². The van der Waals surface area contributed by atoms with Gasteiger partial charge in [-0.05, 0) is 18.4 Å². The first kappa shape index (κ1) is 12.8. The third-order valence-electron chi connectivity index (χ3n) is 3.03. The number of hydrogen-bond donors (Lipinski definition) is 1. The van der Waals surface area contributed by atoms with Crippen LogP contribution < -0.4 is 0 Å². The summed E-state index contributed by atoms with van der Waals surface area (Å²) in [5, 5.41) is 12.5. The normalized spacial score (nSPS) is 19.6. The van der Waals surface area contributed by atoms with Crippen LogP contribution in [-0.4, -0.2) is 10.9 Å². The summed E-state index contributed by atoms with van der Waals surface area (Å²) in [6, 6.07) is 8.17. The molecule has 1 aromatic rings. The molecule has 0 spiro atoms. The predicted octanol–water partition coefficient (Wildman–Crippen LogP) is 3.86. The highest BCUT2D eigenvalue weighted by Gasteiger charge is 2.32. The molecule has 0 unspecified atom stereocenters. The number of aryl methyl sites for hydroxylation is 1. The van der Waals surface area contributed by atoms with Gasteiger partial charge in [-0.2, -0.15) is 0 Å². The molecule has 16 heavy (non-hydrogen) atoms. The average molecular weight is 219 g/mol. The van der Waals surface area contributed by atoms with E-state index in [4.69, 9.17) is 5.21 Å². The summed E-state index contributed by atoms with van der Waals surface area (Å²) in [4.78, 5) is 0. The minimum Gasteiger partial charge on any atom is -0.411 e. The maximum atomic E-state index is 9.06. The third kappa shape index (κ3) is 2.26. The van der Waals surface area contributed by atoms with E-state index in [2.05, 4.69) is 25.1 Å². The Balaban J connectivity index is 0.000000606. The zero-order valence-corrected chi connectivity index (χ0v) is 10.6.